The van der Waals surface area contributed by atoms with E-state index in [-0.39, 0.29) is 0 Å². The minimum absolute atomic E-state index is 0.554. The van der Waals surface area contributed by atoms with E-state index in [0.29, 0.717) is 11.8 Å². The van der Waals surface area contributed by atoms with Crippen LogP contribution in [-0.2, 0) is 0 Å². The van der Waals surface area contributed by atoms with Crippen LogP contribution in [0.4, 0.5) is 5.95 Å². The molecule has 94 valence electrons. The van der Waals surface area contributed by atoms with Gasteiger partial charge < -0.3 is 15.0 Å². The van der Waals surface area contributed by atoms with Gasteiger partial charge in [-0.3, -0.25) is 0 Å². The van der Waals surface area contributed by atoms with Crippen molar-refractivity contribution in [1.82, 2.24) is 14.9 Å². The second kappa shape index (κ2) is 5.64. The molecule has 0 amide bonds. The Morgan fingerprint density at radius 1 is 1.59 bits per heavy atom. The van der Waals surface area contributed by atoms with E-state index in [4.69, 9.17) is 4.74 Å². The molecule has 6 heteroatoms. The van der Waals surface area contributed by atoms with Crippen molar-refractivity contribution >= 4 is 21.9 Å². The number of halogens is 1. The zero-order valence-electron chi connectivity index (χ0n) is 10.1. The van der Waals surface area contributed by atoms with Gasteiger partial charge in [0.15, 0.2) is 0 Å². The molecule has 0 atom stereocenters. The topological polar surface area (TPSA) is 50.3 Å². The number of likely N-dealkylation sites (N-methyl/N-ethyl adjacent to an activating group) is 1. The largest absolute Gasteiger partial charge is 0.480 e. The average Bonchev–Trinajstić information content (AvgIpc) is 3.15. The maximum Gasteiger partial charge on any atom is 0.232 e. The van der Waals surface area contributed by atoms with Gasteiger partial charge >= 0.3 is 0 Å². The maximum atomic E-state index is 5.11. The van der Waals surface area contributed by atoms with Crippen LogP contribution in [0.25, 0.3) is 0 Å². The van der Waals surface area contributed by atoms with E-state index in [1.807, 2.05) is 0 Å². The van der Waals surface area contributed by atoms with Crippen LogP contribution in [0.3, 0.4) is 0 Å². The normalized spacial score (nSPS) is 15.1. The molecule has 0 saturated heterocycles. The summed E-state index contributed by atoms with van der Waals surface area (Å²) >= 11 is 3.32. The van der Waals surface area contributed by atoms with Gasteiger partial charge in [-0.2, -0.15) is 4.98 Å². The highest BCUT2D eigenvalue weighted by molar-refractivity contribution is 9.10. The first-order valence-electron chi connectivity index (χ1n) is 5.71. The first-order chi connectivity index (χ1) is 8.20. The molecule has 1 N–H and O–H groups in total. The van der Waals surface area contributed by atoms with E-state index in [0.717, 1.165) is 23.6 Å². The van der Waals surface area contributed by atoms with Crippen LogP contribution in [0.1, 0.15) is 12.8 Å². The fourth-order valence-electron chi connectivity index (χ4n) is 1.62. The van der Waals surface area contributed by atoms with Crippen molar-refractivity contribution in [2.75, 3.05) is 32.6 Å². The fourth-order valence-corrected chi connectivity index (χ4v) is 1.97. The molecular formula is C11H17BrN4O. The van der Waals surface area contributed by atoms with Gasteiger partial charge in [0.1, 0.15) is 0 Å². The van der Waals surface area contributed by atoms with Gasteiger partial charge in [-0.15, -0.1) is 0 Å². The Morgan fingerprint density at radius 2 is 2.35 bits per heavy atom. The van der Waals surface area contributed by atoms with E-state index in [1.165, 1.54) is 12.8 Å². The zero-order chi connectivity index (χ0) is 12.3. The number of anilines is 1. The van der Waals surface area contributed by atoms with E-state index < -0.39 is 0 Å². The number of aromatic nitrogens is 2. The number of nitrogens with zero attached hydrogens (tertiary/aromatic N) is 3. The first-order valence-corrected chi connectivity index (χ1v) is 6.50. The molecular weight excluding hydrogens is 284 g/mol. The summed E-state index contributed by atoms with van der Waals surface area (Å²) in [7, 11) is 3.75. The fraction of sp³-hybridized carbons (Fsp3) is 0.636. The van der Waals surface area contributed by atoms with E-state index in [2.05, 4.69) is 43.2 Å². The molecule has 1 fully saturated rings. The lowest BCUT2D eigenvalue weighted by atomic mass is 10.5. The van der Waals surface area contributed by atoms with Crippen molar-refractivity contribution < 1.29 is 4.74 Å². The number of hydrogen-bond donors (Lipinski definition) is 1. The Hall–Kier alpha value is -0.880. The summed E-state index contributed by atoms with van der Waals surface area (Å²) in [6.07, 6.45) is 4.36. The van der Waals surface area contributed by atoms with Crippen molar-refractivity contribution in [1.29, 1.82) is 0 Å². The zero-order valence-corrected chi connectivity index (χ0v) is 11.7. The number of methoxy groups -OCH3 is 1. The van der Waals surface area contributed by atoms with Crippen LogP contribution < -0.4 is 10.1 Å². The van der Waals surface area contributed by atoms with Crippen molar-refractivity contribution in [3.63, 3.8) is 0 Å². The Kier molecular flexibility index (Phi) is 4.17. The molecule has 1 aliphatic rings. The van der Waals surface area contributed by atoms with Crippen LogP contribution in [0.5, 0.6) is 5.88 Å². The van der Waals surface area contributed by atoms with Gasteiger partial charge in [0.25, 0.3) is 0 Å². The van der Waals surface area contributed by atoms with Crippen LogP contribution >= 0.6 is 15.9 Å². The number of hydrogen-bond acceptors (Lipinski definition) is 5. The lowest BCUT2D eigenvalue weighted by molar-refractivity contribution is 0.337. The van der Waals surface area contributed by atoms with Crippen molar-refractivity contribution in [3.8, 4) is 5.88 Å². The number of rotatable bonds is 6. The van der Waals surface area contributed by atoms with Gasteiger partial charge in [0.05, 0.1) is 17.8 Å². The van der Waals surface area contributed by atoms with Crippen LogP contribution in [0.2, 0.25) is 0 Å². The Balaban J connectivity index is 1.81. The second-order valence-corrected chi connectivity index (χ2v) is 5.04. The molecule has 0 bridgehead atoms. The highest BCUT2D eigenvalue weighted by Gasteiger charge is 2.25. The van der Waals surface area contributed by atoms with E-state index in [9.17, 15) is 0 Å². The smallest absolute Gasteiger partial charge is 0.232 e. The monoisotopic (exact) mass is 300 g/mol. The Morgan fingerprint density at radius 3 is 3.00 bits per heavy atom. The van der Waals surface area contributed by atoms with Gasteiger partial charge in [-0.25, -0.2) is 4.98 Å². The van der Waals surface area contributed by atoms with Crippen LogP contribution in [0, 0.1) is 0 Å². The van der Waals surface area contributed by atoms with Crippen LogP contribution in [0.15, 0.2) is 10.7 Å². The summed E-state index contributed by atoms with van der Waals surface area (Å²) in [5, 5.41) is 3.20. The highest BCUT2D eigenvalue weighted by Crippen LogP contribution is 2.25. The molecule has 0 aromatic carbocycles. The standard InChI is InChI=1S/C11H17BrN4O/c1-16(8-3-4-8)6-5-13-11-14-7-9(12)10(15-11)17-2/h7-8H,3-6H2,1-2H3,(H,13,14,15). The van der Waals surface area contributed by atoms with Crippen LogP contribution in [-0.4, -0.2) is 48.2 Å². The lowest BCUT2D eigenvalue weighted by Crippen LogP contribution is -2.27. The van der Waals surface area contributed by atoms with E-state index in [1.54, 1.807) is 13.3 Å². The molecule has 17 heavy (non-hydrogen) atoms. The predicted octanol–water partition coefficient (Wildman–Crippen LogP) is 1.75. The molecule has 0 unspecified atom stereocenters. The molecule has 0 radical (unpaired) electrons. The van der Waals surface area contributed by atoms with Gasteiger partial charge in [-0.1, -0.05) is 0 Å². The molecule has 1 saturated carbocycles. The molecule has 1 aromatic rings. The molecule has 2 rings (SSSR count). The van der Waals surface area contributed by atoms with Gasteiger partial charge in [0.2, 0.25) is 11.8 Å². The highest BCUT2D eigenvalue weighted by atomic mass is 79.9. The third-order valence-corrected chi connectivity index (χ3v) is 3.37. The number of nitrogens with one attached hydrogen (secondary N) is 1. The van der Waals surface area contributed by atoms with Gasteiger partial charge in [-0.05, 0) is 35.8 Å². The summed E-state index contributed by atoms with van der Waals surface area (Å²) in [5.74, 6) is 1.16. The average molecular weight is 301 g/mol. The van der Waals surface area contributed by atoms with Gasteiger partial charge in [0, 0.05) is 19.1 Å². The summed E-state index contributed by atoms with van der Waals surface area (Å²) in [6.45, 7) is 1.85. The third kappa shape index (κ3) is 3.54. The Bertz CT molecular complexity index is 384. The maximum absolute atomic E-state index is 5.11. The molecule has 1 heterocycles. The molecule has 0 aliphatic heterocycles. The number of ether oxygens (including phenoxy) is 1. The molecule has 0 spiro atoms. The molecule has 1 aromatic heterocycles. The van der Waals surface area contributed by atoms with Crippen molar-refractivity contribution in [2.24, 2.45) is 0 Å². The van der Waals surface area contributed by atoms with E-state index >= 15 is 0 Å². The van der Waals surface area contributed by atoms with Crippen molar-refractivity contribution in [3.05, 3.63) is 10.7 Å². The molecule has 5 nitrogen and oxygen atoms in total. The summed E-state index contributed by atoms with van der Waals surface area (Å²) in [4.78, 5) is 10.8. The summed E-state index contributed by atoms with van der Waals surface area (Å²) < 4.78 is 5.88. The summed E-state index contributed by atoms with van der Waals surface area (Å²) in [5.41, 5.74) is 0. The lowest BCUT2D eigenvalue weighted by Gasteiger charge is -2.15. The second-order valence-electron chi connectivity index (χ2n) is 4.19. The minimum atomic E-state index is 0.554. The predicted molar refractivity (Wildman–Crippen MR) is 70.4 cm³/mol. The SMILES string of the molecule is COc1nc(NCCN(C)C2CC2)ncc1Br. The Labute approximate surface area is 110 Å². The quantitative estimate of drug-likeness (QED) is 0.867. The first kappa shape index (κ1) is 12.6. The molecule has 1 aliphatic carbocycles. The van der Waals surface area contributed by atoms with Crippen molar-refractivity contribution in [2.45, 2.75) is 18.9 Å². The minimum Gasteiger partial charge on any atom is -0.480 e. The summed E-state index contributed by atoms with van der Waals surface area (Å²) in [6, 6.07) is 0.789. The third-order valence-electron chi connectivity index (χ3n) is 2.82.